The molecule has 250 valence electrons. The molecule has 0 bridgehead atoms. The minimum absolute atomic E-state index is 0.102. The van der Waals surface area contributed by atoms with Crippen LogP contribution in [0.4, 0.5) is 21.1 Å². The van der Waals surface area contributed by atoms with Crippen LogP contribution in [0.15, 0.2) is 42.7 Å². The lowest BCUT2D eigenvalue weighted by Gasteiger charge is -2.39. The minimum atomic E-state index is -0.651. The van der Waals surface area contributed by atoms with E-state index in [4.69, 9.17) is 15.2 Å². The van der Waals surface area contributed by atoms with Gasteiger partial charge in [0, 0.05) is 37.8 Å². The zero-order valence-corrected chi connectivity index (χ0v) is 27.3. The van der Waals surface area contributed by atoms with E-state index in [1.165, 1.54) is 28.8 Å². The molecule has 3 fully saturated rings. The van der Waals surface area contributed by atoms with Crippen molar-refractivity contribution in [3.8, 4) is 22.7 Å². The normalized spacial score (nSPS) is 18.4. The number of likely N-dealkylation sites (tertiary alicyclic amines) is 2. The number of piperidine rings is 2. The van der Waals surface area contributed by atoms with Gasteiger partial charge in [0.05, 0.1) is 23.8 Å². The second-order valence-corrected chi connectivity index (χ2v) is 13.3. The number of hydrogen-bond donors (Lipinski definition) is 1. The highest BCUT2D eigenvalue weighted by Gasteiger charge is 2.32. The summed E-state index contributed by atoms with van der Waals surface area (Å²) in [5.41, 5.74) is 7.60. The van der Waals surface area contributed by atoms with Gasteiger partial charge in [0.25, 0.3) is 0 Å². The van der Waals surface area contributed by atoms with Crippen molar-refractivity contribution >= 4 is 29.6 Å². The number of carbonyl (C=O) groups excluding carboxylic acids is 3. The van der Waals surface area contributed by atoms with Crippen LogP contribution >= 0.6 is 0 Å². The van der Waals surface area contributed by atoms with Crippen molar-refractivity contribution in [2.24, 2.45) is 0 Å². The van der Waals surface area contributed by atoms with E-state index in [1.54, 1.807) is 61.2 Å². The summed E-state index contributed by atoms with van der Waals surface area (Å²) >= 11 is 0. The van der Waals surface area contributed by atoms with Crippen LogP contribution in [-0.2, 0) is 9.53 Å². The number of ether oxygens (including phenoxy) is 2. The van der Waals surface area contributed by atoms with Crippen LogP contribution in [0.5, 0.6) is 5.75 Å². The number of nitrogen functional groups attached to an aromatic ring is 1. The molecule has 0 saturated carbocycles. The summed E-state index contributed by atoms with van der Waals surface area (Å²) < 4.78 is 12.9. The van der Waals surface area contributed by atoms with Crippen molar-refractivity contribution in [3.63, 3.8) is 0 Å². The number of rotatable bonds is 5. The highest BCUT2D eigenvalue weighted by atomic mass is 16.6. The van der Waals surface area contributed by atoms with Gasteiger partial charge in [-0.25, -0.2) is 14.3 Å². The van der Waals surface area contributed by atoms with Crippen LogP contribution in [0, 0.1) is 0 Å². The standard InChI is InChI=1S/C33H43N9O5/c1-33(2,3)47-32(45)40-17-18-41(29(43)22-40)24-20-35-42(21-24)27-19-26(36-37-30(27)34)25-9-5-6-10-28(25)46-31(44)39-15-11-23(12-16-39)38-13-7-4-8-14-38/h5-6,9-10,19-21,23H,4,7-8,11-18,22H2,1-3H3,(H2,34,37). The Balaban J connectivity index is 1.13. The number of piperazine rings is 1. The van der Waals surface area contributed by atoms with Crippen LogP contribution in [0.25, 0.3) is 16.9 Å². The molecule has 0 spiro atoms. The highest BCUT2D eigenvalue weighted by molar-refractivity contribution is 5.97. The molecule has 2 N–H and O–H groups in total. The maximum absolute atomic E-state index is 13.2. The van der Waals surface area contributed by atoms with Gasteiger partial charge in [-0.15, -0.1) is 10.2 Å². The van der Waals surface area contributed by atoms with Gasteiger partial charge < -0.3 is 29.9 Å². The lowest BCUT2D eigenvalue weighted by molar-refractivity contribution is -0.121. The van der Waals surface area contributed by atoms with E-state index < -0.39 is 11.7 Å². The third-order valence-electron chi connectivity index (χ3n) is 8.79. The third-order valence-corrected chi connectivity index (χ3v) is 8.79. The average molecular weight is 646 g/mol. The molecule has 3 saturated heterocycles. The Kier molecular flexibility index (Phi) is 9.30. The Bertz CT molecular complexity index is 1610. The molecule has 3 aliphatic heterocycles. The Morgan fingerprint density at radius 2 is 1.66 bits per heavy atom. The van der Waals surface area contributed by atoms with Crippen LogP contribution in [-0.4, -0.2) is 110 Å². The Labute approximate surface area is 274 Å². The fraction of sp³-hybridized carbons (Fsp3) is 0.515. The first-order chi connectivity index (χ1) is 22.6. The van der Waals surface area contributed by atoms with Gasteiger partial charge in [0.15, 0.2) is 5.82 Å². The number of benzene rings is 1. The Morgan fingerprint density at radius 3 is 2.38 bits per heavy atom. The lowest BCUT2D eigenvalue weighted by Crippen LogP contribution is -2.53. The average Bonchev–Trinajstić information content (AvgIpc) is 3.55. The molecule has 3 aromatic rings. The predicted octanol–water partition coefficient (Wildman–Crippen LogP) is 3.94. The number of nitrogens with zero attached hydrogens (tertiary/aromatic N) is 8. The zero-order chi connectivity index (χ0) is 33.1. The zero-order valence-electron chi connectivity index (χ0n) is 27.3. The molecule has 0 unspecified atom stereocenters. The van der Waals surface area contributed by atoms with E-state index in [0.29, 0.717) is 54.1 Å². The van der Waals surface area contributed by atoms with E-state index in [9.17, 15) is 14.4 Å². The lowest BCUT2D eigenvalue weighted by atomic mass is 10.0. The van der Waals surface area contributed by atoms with Crippen LogP contribution in [0.1, 0.15) is 52.9 Å². The second kappa shape index (κ2) is 13.6. The van der Waals surface area contributed by atoms with E-state index in [-0.39, 0.29) is 30.9 Å². The summed E-state index contributed by atoms with van der Waals surface area (Å²) in [6.45, 7) is 9.48. The molecule has 3 aliphatic rings. The van der Waals surface area contributed by atoms with Gasteiger partial charge in [-0.2, -0.15) is 5.10 Å². The van der Waals surface area contributed by atoms with Crippen molar-refractivity contribution in [2.45, 2.75) is 64.5 Å². The van der Waals surface area contributed by atoms with Gasteiger partial charge >= 0.3 is 12.2 Å². The predicted molar refractivity (Wildman–Crippen MR) is 175 cm³/mol. The van der Waals surface area contributed by atoms with E-state index in [2.05, 4.69) is 20.2 Å². The van der Waals surface area contributed by atoms with Gasteiger partial charge in [-0.05, 0) is 77.7 Å². The molecule has 0 radical (unpaired) electrons. The second-order valence-electron chi connectivity index (χ2n) is 13.3. The van der Waals surface area contributed by atoms with Crippen molar-refractivity contribution in [1.82, 2.24) is 34.7 Å². The van der Waals surface area contributed by atoms with Crippen molar-refractivity contribution < 1.29 is 23.9 Å². The summed E-state index contributed by atoms with van der Waals surface area (Å²) in [5, 5.41) is 12.9. The van der Waals surface area contributed by atoms with Gasteiger partial charge in [-0.1, -0.05) is 18.6 Å². The molecule has 2 aromatic heterocycles. The number of para-hydroxylation sites is 1. The largest absolute Gasteiger partial charge is 0.444 e. The molecule has 5 heterocycles. The number of nitrogens with two attached hydrogens (primary N) is 1. The molecule has 3 amide bonds. The smallest absolute Gasteiger partial charge is 0.415 e. The summed E-state index contributed by atoms with van der Waals surface area (Å²) in [6, 6.07) is 9.44. The molecule has 0 atom stereocenters. The van der Waals surface area contributed by atoms with Crippen molar-refractivity contribution in [3.05, 3.63) is 42.7 Å². The number of amides is 3. The molecule has 14 nitrogen and oxygen atoms in total. The number of aromatic nitrogens is 4. The van der Waals surface area contributed by atoms with E-state index in [0.717, 1.165) is 25.9 Å². The van der Waals surface area contributed by atoms with Crippen LogP contribution < -0.4 is 15.4 Å². The van der Waals surface area contributed by atoms with Crippen LogP contribution in [0.2, 0.25) is 0 Å². The molecule has 14 heteroatoms. The molecule has 47 heavy (non-hydrogen) atoms. The Morgan fingerprint density at radius 1 is 0.915 bits per heavy atom. The molecule has 0 aliphatic carbocycles. The number of carbonyl (C=O) groups is 3. The molecular formula is C33H43N9O5. The fourth-order valence-electron chi connectivity index (χ4n) is 6.34. The highest BCUT2D eigenvalue weighted by Crippen LogP contribution is 2.32. The van der Waals surface area contributed by atoms with E-state index >= 15 is 0 Å². The maximum Gasteiger partial charge on any atom is 0.415 e. The monoisotopic (exact) mass is 645 g/mol. The quantitative estimate of drug-likeness (QED) is 0.432. The summed E-state index contributed by atoms with van der Waals surface area (Å²) in [6.07, 6.45) is 8.04. The van der Waals surface area contributed by atoms with Crippen molar-refractivity contribution in [1.29, 1.82) is 0 Å². The summed E-state index contributed by atoms with van der Waals surface area (Å²) in [4.78, 5) is 46.0. The maximum atomic E-state index is 13.2. The molecular weight excluding hydrogens is 602 g/mol. The van der Waals surface area contributed by atoms with Crippen LogP contribution in [0.3, 0.4) is 0 Å². The van der Waals surface area contributed by atoms with Gasteiger partial charge in [-0.3, -0.25) is 9.69 Å². The van der Waals surface area contributed by atoms with Gasteiger partial charge in [0.1, 0.15) is 23.6 Å². The first-order valence-electron chi connectivity index (χ1n) is 16.3. The molecule has 1 aromatic carbocycles. The van der Waals surface area contributed by atoms with Gasteiger partial charge in [0.2, 0.25) is 5.91 Å². The number of hydrogen-bond acceptors (Lipinski definition) is 10. The third kappa shape index (κ3) is 7.48. The minimum Gasteiger partial charge on any atom is -0.444 e. The molecule has 6 rings (SSSR count). The number of anilines is 2. The fourth-order valence-corrected chi connectivity index (χ4v) is 6.34. The summed E-state index contributed by atoms with van der Waals surface area (Å²) in [7, 11) is 0. The first kappa shape index (κ1) is 32.2. The summed E-state index contributed by atoms with van der Waals surface area (Å²) in [5.74, 6) is 0.250. The first-order valence-corrected chi connectivity index (χ1v) is 16.3. The Hall–Kier alpha value is -4.72. The van der Waals surface area contributed by atoms with Crippen molar-refractivity contribution in [2.75, 3.05) is 56.4 Å². The topological polar surface area (TPSA) is 152 Å². The SMILES string of the molecule is CC(C)(C)OC(=O)N1CCN(c2cnn(-c3cc(-c4ccccc4OC(=O)N4CCC(N5CCCCC5)CC4)nnc3N)c2)C(=O)C1. The van der Waals surface area contributed by atoms with E-state index in [1.807, 2.05) is 12.1 Å².